The lowest BCUT2D eigenvalue weighted by atomic mass is 10.3. The predicted octanol–water partition coefficient (Wildman–Crippen LogP) is 3.39. The van der Waals surface area contributed by atoms with E-state index >= 15 is 0 Å². The van der Waals surface area contributed by atoms with Crippen LogP contribution in [-0.2, 0) is 4.74 Å². The summed E-state index contributed by atoms with van der Waals surface area (Å²) in [6, 6.07) is 5.20. The minimum absolute atomic E-state index is 0.0493. The molecule has 0 spiro atoms. The Labute approximate surface area is 149 Å². The van der Waals surface area contributed by atoms with Crippen LogP contribution in [-0.4, -0.2) is 40.5 Å². The maximum absolute atomic E-state index is 14.3. The molecular weight excluding hydrogens is 374 g/mol. The molecule has 0 aliphatic carbocycles. The van der Waals surface area contributed by atoms with Crippen LogP contribution in [0.2, 0.25) is 0 Å². The van der Waals surface area contributed by atoms with Crippen LogP contribution in [0, 0.1) is 5.82 Å². The van der Waals surface area contributed by atoms with Crippen molar-refractivity contribution in [2.45, 2.75) is 6.18 Å². The summed E-state index contributed by atoms with van der Waals surface area (Å²) in [5.74, 6) is -2.31. The van der Waals surface area contributed by atoms with Gasteiger partial charge in [0.2, 0.25) is 5.69 Å². The van der Waals surface area contributed by atoms with Crippen LogP contribution >= 0.6 is 0 Å². The van der Waals surface area contributed by atoms with E-state index in [1.807, 2.05) is 0 Å². The molecule has 0 atom stereocenters. The van der Waals surface area contributed by atoms with Crippen molar-refractivity contribution in [3.63, 3.8) is 0 Å². The van der Waals surface area contributed by atoms with Crippen molar-refractivity contribution in [1.29, 1.82) is 0 Å². The van der Waals surface area contributed by atoms with Gasteiger partial charge in [-0.2, -0.15) is 18.3 Å². The first kappa shape index (κ1) is 18.4. The molecule has 27 heavy (non-hydrogen) atoms. The average Bonchev–Trinajstić information content (AvgIpc) is 2.96. The Bertz CT molecular complexity index is 987. The maximum Gasteiger partial charge on any atom is 0.422 e. The molecule has 0 N–H and O–H groups in total. The van der Waals surface area contributed by atoms with Crippen molar-refractivity contribution >= 4 is 11.5 Å². The summed E-state index contributed by atoms with van der Waals surface area (Å²) in [5, 5.41) is 3.75. The van der Waals surface area contributed by atoms with Gasteiger partial charge in [-0.15, -0.1) is 0 Å². The number of pyridine rings is 2. The molecule has 0 unspecified atom stereocenters. The Hall–Kier alpha value is -3.37. The lowest BCUT2D eigenvalue weighted by molar-refractivity contribution is -0.153. The Morgan fingerprint density at radius 3 is 2.78 bits per heavy atom. The van der Waals surface area contributed by atoms with Crippen molar-refractivity contribution in [3.8, 4) is 17.4 Å². The number of ether oxygens (including phenoxy) is 3. The molecular formula is C16H11F4N3O4. The van der Waals surface area contributed by atoms with E-state index in [0.717, 1.165) is 11.6 Å². The first-order valence-electron chi connectivity index (χ1n) is 7.37. The van der Waals surface area contributed by atoms with E-state index < -0.39 is 30.3 Å². The zero-order valence-electron chi connectivity index (χ0n) is 13.7. The van der Waals surface area contributed by atoms with Crippen molar-refractivity contribution in [2.75, 3.05) is 13.7 Å². The first-order chi connectivity index (χ1) is 12.8. The fraction of sp³-hybridized carbons (Fsp3) is 0.188. The highest BCUT2D eigenvalue weighted by atomic mass is 19.4. The lowest BCUT2D eigenvalue weighted by Crippen LogP contribution is -2.19. The van der Waals surface area contributed by atoms with Gasteiger partial charge in [0, 0.05) is 18.5 Å². The van der Waals surface area contributed by atoms with Crippen molar-refractivity contribution in [3.05, 3.63) is 48.2 Å². The number of hydrogen-bond acceptors (Lipinski definition) is 6. The fourth-order valence-electron chi connectivity index (χ4n) is 2.12. The SMILES string of the molecule is COC(=O)c1nn2ccc(Oc3ncccc3OCC(F)(F)F)cc2c1F. The number of methoxy groups -OCH3 is 1. The van der Waals surface area contributed by atoms with Gasteiger partial charge in [0.05, 0.1) is 7.11 Å². The summed E-state index contributed by atoms with van der Waals surface area (Å²) in [5.41, 5.74) is -0.608. The number of carbonyl (C=O) groups is 1. The maximum atomic E-state index is 14.3. The summed E-state index contributed by atoms with van der Waals surface area (Å²) in [6.45, 7) is -1.52. The summed E-state index contributed by atoms with van der Waals surface area (Å²) < 4.78 is 66.9. The van der Waals surface area contributed by atoms with Gasteiger partial charge in [-0.1, -0.05) is 0 Å². The number of carbonyl (C=O) groups excluding carboxylic acids is 1. The van der Waals surface area contributed by atoms with Crippen LogP contribution in [0.15, 0.2) is 36.7 Å². The molecule has 7 nitrogen and oxygen atoms in total. The van der Waals surface area contributed by atoms with Crippen LogP contribution in [0.25, 0.3) is 5.52 Å². The molecule has 0 radical (unpaired) electrons. The Morgan fingerprint density at radius 2 is 2.07 bits per heavy atom. The highest BCUT2D eigenvalue weighted by molar-refractivity contribution is 5.89. The van der Waals surface area contributed by atoms with E-state index in [2.05, 4.69) is 19.6 Å². The quantitative estimate of drug-likeness (QED) is 0.495. The van der Waals surface area contributed by atoms with E-state index in [1.54, 1.807) is 0 Å². The molecule has 0 amide bonds. The summed E-state index contributed by atoms with van der Waals surface area (Å²) >= 11 is 0. The predicted molar refractivity (Wildman–Crippen MR) is 82.4 cm³/mol. The number of nitrogens with zero attached hydrogens (tertiary/aromatic N) is 3. The van der Waals surface area contributed by atoms with Crippen LogP contribution in [0.3, 0.4) is 0 Å². The summed E-state index contributed by atoms with van der Waals surface area (Å²) in [7, 11) is 1.09. The van der Waals surface area contributed by atoms with Gasteiger partial charge in [0.1, 0.15) is 11.3 Å². The van der Waals surface area contributed by atoms with Gasteiger partial charge in [0.15, 0.2) is 18.2 Å². The van der Waals surface area contributed by atoms with Crippen LogP contribution in [0.1, 0.15) is 10.5 Å². The van der Waals surface area contributed by atoms with E-state index in [0.29, 0.717) is 0 Å². The van der Waals surface area contributed by atoms with Crippen molar-refractivity contribution < 1.29 is 36.6 Å². The van der Waals surface area contributed by atoms with Gasteiger partial charge >= 0.3 is 12.1 Å². The van der Waals surface area contributed by atoms with Gasteiger partial charge in [-0.3, -0.25) is 0 Å². The molecule has 0 saturated carbocycles. The molecule has 3 aromatic heterocycles. The van der Waals surface area contributed by atoms with E-state index in [-0.39, 0.29) is 22.9 Å². The van der Waals surface area contributed by atoms with Crippen molar-refractivity contribution in [1.82, 2.24) is 14.6 Å². The van der Waals surface area contributed by atoms with Gasteiger partial charge in [0.25, 0.3) is 5.88 Å². The molecule has 0 aromatic carbocycles. The van der Waals surface area contributed by atoms with Crippen LogP contribution in [0.5, 0.6) is 17.4 Å². The fourth-order valence-corrected chi connectivity index (χ4v) is 2.12. The minimum Gasteiger partial charge on any atom is -0.478 e. The molecule has 3 heterocycles. The Morgan fingerprint density at radius 1 is 1.30 bits per heavy atom. The number of halogens is 4. The van der Waals surface area contributed by atoms with E-state index in [9.17, 15) is 22.4 Å². The van der Waals surface area contributed by atoms with Crippen LogP contribution in [0.4, 0.5) is 17.6 Å². The second-order valence-electron chi connectivity index (χ2n) is 5.16. The highest BCUT2D eigenvalue weighted by Gasteiger charge is 2.29. The number of fused-ring (bicyclic) bond motifs is 1. The zero-order chi connectivity index (χ0) is 19.6. The number of alkyl halides is 3. The largest absolute Gasteiger partial charge is 0.478 e. The third-order valence-corrected chi connectivity index (χ3v) is 3.27. The molecule has 0 fully saturated rings. The number of esters is 1. The van der Waals surface area contributed by atoms with Gasteiger partial charge < -0.3 is 14.2 Å². The third kappa shape index (κ3) is 4.07. The first-order valence-corrected chi connectivity index (χ1v) is 7.37. The number of hydrogen-bond donors (Lipinski definition) is 0. The summed E-state index contributed by atoms with van der Waals surface area (Å²) in [4.78, 5) is 15.3. The minimum atomic E-state index is -4.53. The Balaban J connectivity index is 1.89. The molecule has 11 heteroatoms. The zero-order valence-corrected chi connectivity index (χ0v) is 13.7. The van der Waals surface area contributed by atoms with Crippen molar-refractivity contribution in [2.24, 2.45) is 0 Å². The molecule has 0 saturated heterocycles. The second kappa shape index (κ2) is 7.09. The number of aromatic nitrogens is 3. The Kier molecular flexibility index (Phi) is 4.84. The molecule has 0 aliphatic heterocycles. The third-order valence-electron chi connectivity index (χ3n) is 3.27. The molecule has 3 rings (SSSR count). The van der Waals surface area contributed by atoms with Gasteiger partial charge in [-0.25, -0.2) is 18.7 Å². The molecule has 3 aromatic rings. The molecule has 0 aliphatic rings. The molecule has 142 valence electrons. The van der Waals surface area contributed by atoms with E-state index in [1.165, 1.54) is 36.7 Å². The number of rotatable bonds is 5. The average molecular weight is 385 g/mol. The smallest absolute Gasteiger partial charge is 0.422 e. The normalized spacial score (nSPS) is 11.4. The van der Waals surface area contributed by atoms with E-state index in [4.69, 9.17) is 4.74 Å². The second-order valence-corrected chi connectivity index (χ2v) is 5.16. The van der Waals surface area contributed by atoms with Gasteiger partial charge in [-0.05, 0) is 18.2 Å². The molecule has 0 bridgehead atoms. The summed E-state index contributed by atoms with van der Waals surface area (Å²) in [6.07, 6.45) is -1.93. The standard InChI is InChI=1S/C16H11F4N3O4/c1-25-15(24)13-12(17)10-7-9(4-6-23(10)22-13)27-14-11(3-2-5-21-14)26-8-16(18,19)20/h2-7H,8H2,1H3. The van der Waals surface area contributed by atoms with Crippen LogP contribution < -0.4 is 9.47 Å². The topological polar surface area (TPSA) is 75.0 Å². The lowest BCUT2D eigenvalue weighted by Gasteiger charge is -2.12. The monoisotopic (exact) mass is 385 g/mol. The highest BCUT2D eigenvalue weighted by Crippen LogP contribution is 2.31.